The molecule has 0 amide bonds. The fraction of sp³-hybridized carbons (Fsp3) is 0.133. The highest BCUT2D eigenvalue weighted by molar-refractivity contribution is 9.10. The van der Waals surface area contributed by atoms with Crippen molar-refractivity contribution in [2.45, 2.75) is 6.92 Å². The van der Waals surface area contributed by atoms with E-state index in [1.54, 1.807) is 6.07 Å². The molecule has 0 atom stereocenters. The molecular weight excluding hydrogens is 322 g/mol. The molecule has 0 fully saturated rings. The molecule has 0 aliphatic carbocycles. The lowest BCUT2D eigenvalue weighted by Gasteiger charge is -2.12. The second-order valence-corrected chi connectivity index (χ2v) is 5.05. The normalized spacial score (nSPS) is 10.1. The van der Waals surface area contributed by atoms with Crippen LogP contribution in [0.25, 0.3) is 0 Å². The van der Waals surface area contributed by atoms with E-state index in [-0.39, 0.29) is 24.0 Å². The van der Waals surface area contributed by atoms with Crippen LogP contribution in [-0.4, -0.2) is 17.6 Å². The molecular formula is C15H14BrNO3. The molecule has 0 aliphatic rings. The smallest absolute Gasteiger partial charge is 0.172 e. The molecule has 2 N–H and O–H groups in total. The molecule has 4 nitrogen and oxygen atoms in total. The Labute approximate surface area is 125 Å². The molecule has 20 heavy (non-hydrogen) atoms. The van der Waals surface area contributed by atoms with Gasteiger partial charge in [0, 0.05) is 11.3 Å². The molecule has 0 aliphatic heterocycles. The summed E-state index contributed by atoms with van der Waals surface area (Å²) in [4.78, 5) is 11.4. The average Bonchev–Trinajstić information content (AvgIpc) is 2.44. The number of hydrogen-bond acceptors (Lipinski definition) is 4. The summed E-state index contributed by atoms with van der Waals surface area (Å²) in [7, 11) is 0. The number of anilines is 1. The van der Waals surface area contributed by atoms with Crippen molar-refractivity contribution in [1.82, 2.24) is 0 Å². The highest BCUT2D eigenvalue weighted by atomic mass is 79.9. The van der Waals surface area contributed by atoms with Gasteiger partial charge in [0.2, 0.25) is 0 Å². The van der Waals surface area contributed by atoms with Crippen LogP contribution < -0.4 is 10.1 Å². The van der Waals surface area contributed by atoms with E-state index in [9.17, 15) is 9.90 Å². The van der Waals surface area contributed by atoms with Crippen LogP contribution >= 0.6 is 15.9 Å². The number of Topliss-reactive ketones (excluding diaryl/α,β-unsaturated/α-hetero) is 1. The lowest BCUT2D eigenvalue weighted by molar-refractivity contribution is 0.101. The van der Waals surface area contributed by atoms with Gasteiger partial charge >= 0.3 is 0 Å². The van der Waals surface area contributed by atoms with Gasteiger partial charge in [0.1, 0.15) is 0 Å². The molecule has 0 saturated carbocycles. The lowest BCUT2D eigenvalue weighted by atomic mass is 10.1. The fourth-order valence-corrected chi connectivity index (χ4v) is 2.08. The zero-order chi connectivity index (χ0) is 14.5. The number of ether oxygens (including phenoxy) is 1. The van der Waals surface area contributed by atoms with E-state index in [1.165, 1.54) is 13.0 Å². The zero-order valence-electron chi connectivity index (χ0n) is 10.9. The number of hydrogen-bond donors (Lipinski definition) is 2. The van der Waals surface area contributed by atoms with Gasteiger partial charge in [-0.1, -0.05) is 18.2 Å². The standard InChI is InChI=1S/C15H14BrNO3/c1-10(18)11-7-13(16)15(19)14(8-11)20-9-17-12-5-3-2-4-6-12/h2-8,17,19H,9H2,1H3. The summed E-state index contributed by atoms with van der Waals surface area (Å²) in [6.07, 6.45) is 0. The first-order valence-electron chi connectivity index (χ1n) is 6.03. The Bertz CT molecular complexity index is 614. The van der Waals surface area contributed by atoms with Gasteiger partial charge in [0.25, 0.3) is 0 Å². The van der Waals surface area contributed by atoms with Crippen LogP contribution in [0.5, 0.6) is 11.5 Å². The van der Waals surface area contributed by atoms with Gasteiger partial charge in [0.05, 0.1) is 4.47 Å². The molecule has 104 valence electrons. The lowest BCUT2D eigenvalue weighted by Crippen LogP contribution is -2.09. The second-order valence-electron chi connectivity index (χ2n) is 4.19. The van der Waals surface area contributed by atoms with E-state index in [2.05, 4.69) is 21.2 Å². The Morgan fingerprint density at radius 1 is 1.30 bits per heavy atom. The molecule has 2 rings (SSSR count). The first-order chi connectivity index (χ1) is 9.58. The van der Waals surface area contributed by atoms with Gasteiger partial charge in [0.15, 0.2) is 24.0 Å². The summed E-state index contributed by atoms with van der Waals surface area (Å²) in [5, 5.41) is 12.9. The summed E-state index contributed by atoms with van der Waals surface area (Å²) in [6.45, 7) is 1.65. The highest BCUT2D eigenvalue weighted by Crippen LogP contribution is 2.35. The summed E-state index contributed by atoms with van der Waals surface area (Å²) in [5.41, 5.74) is 1.39. The topological polar surface area (TPSA) is 58.6 Å². The molecule has 5 heteroatoms. The minimum Gasteiger partial charge on any atom is -0.503 e. The Hall–Kier alpha value is -2.01. The van der Waals surface area contributed by atoms with Crippen molar-refractivity contribution in [3.05, 3.63) is 52.5 Å². The first-order valence-corrected chi connectivity index (χ1v) is 6.82. The molecule has 0 radical (unpaired) electrons. The number of aromatic hydroxyl groups is 1. The van der Waals surface area contributed by atoms with Gasteiger partial charge < -0.3 is 15.2 Å². The van der Waals surface area contributed by atoms with Gasteiger partial charge in [-0.3, -0.25) is 4.79 Å². The number of carbonyl (C=O) groups is 1. The monoisotopic (exact) mass is 335 g/mol. The van der Waals surface area contributed by atoms with E-state index >= 15 is 0 Å². The third-order valence-electron chi connectivity index (χ3n) is 2.71. The van der Waals surface area contributed by atoms with E-state index in [0.29, 0.717) is 10.0 Å². The molecule has 0 saturated heterocycles. The SMILES string of the molecule is CC(=O)c1cc(Br)c(O)c(OCNc2ccccc2)c1. The Kier molecular flexibility index (Phi) is 4.63. The minimum absolute atomic E-state index is 0.0233. The third-order valence-corrected chi connectivity index (χ3v) is 3.32. The van der Waals surface area contributed by atoms with Crippen molar-refractivity contribution in [2.24, 2.45) is 0 Å². The first kappa shape index (κ1) is 14.4. The number of phenols is 1. The van der Waals surface area contributed by atoms with Crippen LogP contribution in [0.3, 0.4) is 0 Å². The van der Waals surface area contributed by atoms with E-state index in [1.807, 2.05) is 30.3 Å². The molecule has 2 aromatic rings. The zero-order valence-corrected chi connectivity index (χ0v) is 12.5. The average molecular weight is 336 g/mol. The number of phenolic OH excluding ortho intramolecular Hbond substituents is 1. The van der Waals surface area contributed by atoms with E-state index in [0.717, 1.165) is 5.69 Å². The molecule has 0 bridgehead atoms. The summed E-state index contributed by atoms with van der Waals surface area (Å²) < 4.78 is 5.90. The largest absolute Gasteiger partial charge is 0.503 e. The van der Waals surface area contributed by atoms with Crippen LogP contribution in [0.1, 0.15) is 17.3 Å². The van der Waals surface area contributed by atoms with Gasteiger partial charge in [-0.2, -0.15) is 0 Å². The minimum atomic E-state index is -0.0911. The third kappa shape index (κ3) is 3.51. The predicted molar refractivity (Wildman–Crippen MR) is 81.4 cm³/mol. The van der Waals surface area contributed by atoms with Crippen LogP contribution in [0, 0.1) is 0 Å². The summed E-state index contributed by atoms with van der Waals surface area (Å²) in [6, 6.07) is 12.6. The predicted octanol–water partition coefficient (Wildman–Crippen LogP) is 3.81. The maximum atomic E-state index is 11.4. The highest BCUT2D eigenvalue weighted by Gasteiger charge is 2.11. The van der Waals surface area contributed by atoms with Crippen LogP contribution in [-0.2, 0) is 0 Å². The summed E-state index contributed by atoms with van der Waals surface area (Å²) >= 11 is 3.20. The van der Waals surface area contributed by atoms with E-state index in [4.69, 9.17) is 4.74 Å². The number of rotatable bonds is 5. The maximum absolute atomic E-state index is 11.4. The Morgan fingerprint density at radius 2 is 2.00 bits per heavy atom. The Morgan fingerprint density at radius 3 is 2.65 bits per heavy atom. The van der Waals surface area contributed by atoms with Crippen LogP contribution in [0.4, 0.5) is 5.69 Å². The van der Waals surface area contributed by atoms with Gasteiger partial charge in [-0.25, -0.2) is 0 Å². The van der Waals surface area contributed by atoms with Crippen molar-refractivity contribution in [3.8, 4) is 11.5 Å². The Balaban J connectivity index is 2.07. The quantitative estimate of drug-likeness (QED) is 0.644. The fourth-order valence-electron chi connectivity index (χ4n) is 1.64. The molecule has 0 unspecified atom stereocenters. The molecule has 0 heterocycles. The summed E-state index contributed by atoms with van der Waals surface area (Å²) in [5.74, 6) is 0.143. The number of benzene rings is 2. The number of halogens is 1. The molecule has 2 aromatic carbocycles. The number of nitrogens with one attached hydrogen (secondary N) is 1. The number of para-hydroxylation sites is 1. The van der Waals surface area contributed by atoms with Gasteiger partial charge in [-0.05, 0) is 47.1 Å². The van der Waals surface area contributed by atoms with Crippen molar-refractivity contribution in [1.29, 1.82) is 0 Å². The molecule has 0 spiro atoms. The molecule has 0 aromatic heterocycles. The second kappa shape index (κ2) is 6.43. The number of ketones is 1. The van der Waals surface area contributed by atoms with Crippen LogP contribution in [0.2, 0.25) is 0 Å². The van der Waals surface area contributed by atoms with Gasteiger partial charge in [-0.15, -0.1) is 0 Å². The van der Waals surface area contributed by atoms with E-state index < -0.39 is 0 Å². The maximum Gasteiger partial charge on any atom is 0.172 e. The van der Waals surface area contributed by atoms with Crippen molar-refractivity contribution >= 4 is 27.4 Å². The van der Waals surface area contributed by atoms with Crippen molar-refractivity contribution in [2.75, 3.05) is 12.0 Å². The van der Waals surface area contributed by atoms with Crippen molar-refractivity contribution < 1.29 is 14.6 Å². The van der Waals surface area contributed by atoms with Crippen molar-refractivity contribution in [3.63, 3.8) is 0 Å². The number of carbonyl (C=O) groups excluding carboxylic acids is 1. The van der Waals surface area contributed by atoms with Crippen LogP contribution in [0.15, 0.2) is 46.9 Å².